The Balaban J connectivity index is 2.84. The number of hydrogen-bond donors (Lipinski definition) is 1. The maximum Gasteiger partial charge on any atom is 0.311 e. The molecule has 94 valence electrons. The molecule has 0 aliphatic rings. The first-order valence-corrected chi connectivity index (χ1v) is 5.31. The molecule has 1 aromatic rings. The second kappa shape index (κ2) is 6.82. The molecule has 0 unspecified atom stereocenters. The summed E-state index contributed by atoms with van der Waals surface area (Å²) < 4.78 is 10.2. The second-order valence-electron chi connectivity index (χ2n) is 3.34. The van der Waals surface area contributed by atoms with Gasteiger partial charge in [-0.1, -0.05) is 6.07 Å². The number of nitro groups is 1. The molecule has 1 aromatic carbocycles. The van der Waals surface area contributed by atoms with Gasteiger partial charge in [-0.05, 0) is 25.6 Å². The van der Waals surface area contributed by atoms with Gasteiger partial charge in [-0.3, -0.25) is 10.1 Å². The lowest BCUT2D eigenvalue weighted by Gasteiger charge is -2.07. The summed E-state index contributed by atoms with van der Waals surface area (Å²) >= 11 is 0. The molecule has 0 saturated carbocycles. The second-order valence-corrected chi connectivity index (χ2v) is 3.34. The van der Waals surface area contributed by atoms with Crippen LogP contribution < -0.4 is 10.1 Å². The van der Waals surface area contributed by atoms with Crippen molar-refractivity contribution in [2.45, 2.75) is 13.5 Å². The number of ether oxygens (including phenoxy) is 2. The Labute approximate surface area is 99.7 Å². The van der Waals surface area contributed by atoms with E-state index in [1.54, 1.807) is 19.2 Å². The highest BCUT2D eigenvalue weighted by Crippen LogP contribution is 2.27. The SMILES string of the molecule is CCOCOc1ccc(CNC)cc1[N+](=O)[O-]. The number of nitrogens with zero attached hydrogens (tertiary/aromatic N) is 1. The van der Waals surface area contributed by atoms with Crippen LogP contribution in [0.15, 0.2) is 18.2 Å². The van der Waals surface area contributed by atoms with E-state index in [1.165, 1.54) is 6.07 Å². The van der Waals surface area contributed by atoms with Crippen molar-refractivity contribution in [3.05, 3.63) is 33.9 Å². The van der Waals surface area contributed by atoms with Gasteiger partial charge < -0.3 is 14.8 Å². The molecule has 0 bridgehead atoms. The molecule has 0 heterocycles. The summed E-state index contributed by atoms with van der Waals surface area (Å²) in [6, 6.07) is 4.87. The van der Waals surface area contributed by atoms with Crippen molar-refractivity contribution in [3.8, 4) is 5.75 Å². The number of hydrogen-bond acceptors (Lipinski definition) is 5. The van der Waals surface area contributed by atoms with Gasteiger partial charge in [0.2, 0.25) is 0 Å². The van der Waals surface area contributed by atoms with Crippen molar-refractivity contribution >= 4 is 5.69 Å². The molecule has 0 aromatic heterocycles. The first-order chi connectivity index (χ1) is 8.19. The first-order valence-electron chi connectivity index (χ1n) is 5.31. The molecule has 0 radical (unpaired) electrons. The normalized spacial score (nSPS) is 10.2. The van der Waals surface area contributed by atoms with Crippen LogP contribution in [-0.4, -0.2) is 25.4 Å². The molecule has 0 amide bonds. The summed E-state index contributed by atoms with van der Waals surface area (Å²) in [5, 5.41) is 13.8. The van der Waals surface area contributed by atoms with E-state index in [1.807, 2.05) is 6.92 Å². The quantitative estimate of drug-likeness (QED) is 0.340. The van der Waals surface area contributed by atoms with Crippen LogP contribution in [-0.2, 0) is 11.3 Å². The van der Waals surface area contributed by atoms with Gasteiger partial charge in [-0.15, -0.1) is 0 Å². The lowest BCUT2D eigenvalue weighted by atomic mass is 10.2. The van der Waals surface area contributed by atoms with Crippen LogP contribution in [0.1, 0.15) is 12.5 Å². The largest absolute Gasteiger partial charge is 0.460 e. The third-order valence-electron chi connectivity index (χ3n) is 2.10. The summed E-state index contributed by atoms with van der Waals surface area (Å²) in [6.45, 7) is 2.93. The van der Waals surface area contributed by atoms with Crippen molar-refractivity contribution in [2.75, 3.05) is 20.4 Å². The fourth-order valence-electron chi connectivity index (χ4n) is 1.33. The Morgan fingerprint density at radius 3 is 2.82 bits per heavy atom. The Morgan fingerprint density at radius 1 is 1.47 bits per heavy atom. The van der Waals surface area contributed by atoms with E-state index in [9.17, 15) is 10.1 Å². The molecule has 17 heavy (non-hydrogen) atoms. The first kappa shape index (κ1) is 13.4. The van der Waals surface area contributed by atoms with E-state index < -0.39 is 4.92 Å². The van der Waals surface area contributed by atoms with Crippen molar-refractivity contribution in [2.24, 2.45) is 0 Å². The molecule has 0 atom stereocenters. The minimum absolute atomic E-state index is 0.0166. The average Bonchev–Trinajstić information content (AvgIpc) is 2.31. The molecule has 0 saturated heterocycles. The van der Waals surface area contributed by atoms with Gasteiger partial charge in [0.25, 0.3) is 0 Å². The topological polar surface area (TPSA) is 73.6 Å². The van der Waals surface area contributed by atoms with Crippen LogP contribution in [0.3, 0.4) is 0 Å². The number of benzene rings is 1. The maximum absolute atomic E-state index is 10.9. The fourth-order valence-corrected chi connectivity index (χ4v) is 1.33. The molecule has 0 aliphatic carbocycles. The molecule has 0 fully saturated rings. The van der Waals surface area contributed by atoms with Gasteiger partial charge in [0.15, 0.2) is 12.5 Å². The summed E-state index contributed by atoms with van der Waals surface area (Å²) in [5.74, 6) is 0.225. The zero-order chi connectivity index (χ0) is 12.7. The predicted octanol–water partition coefficient (Wildman–Crippen LogP) is 1.69. The predicted molar refractivity (Wildman–Crippen MR) is 63.0 cm³/mol. The molecule has 0 spiro atoms. The average molecular weight is 240 g/mol. The summed E-state index contributed by atoms with van der Waals surface area (Å²) in [5.41, 5.74) is 0.792. The van der Waals surface area contributed by atoms with Gasteiger partial charge in [-0.2, -0.15) is 0 Å². The van der Waals surface area contributed by atoms with Crippen LogP contribution in [0, 0.1) is 10.1 Å². The summed E-state index contributed by atoms with van der Waals surface area (Å²) in [4.78, 5) is 10.4. The number of nitrogens with one attached hydrogen (secondary N) is 1. The van der Waals surface area contributed by atoms with Crippen LogP contribution in [0.25, 0.3) is 0 Å². The number of rotatable bonds is 7. The molecule has 0 aliphatic heterocycles. The lowest BCUT2D eigenvalue weighted by molar-refractivity contribution is -0.386. The van der Waals surface area contributed by atoms with E-state index in [-0.39, 0.29) is 18.2 Å². The monoisotopic (exact) mass is 240 g/mol. The zero-order valence-electron chi connectivity index (χ0n) is 9.93. The Hall–Kier alpha value is -1.66. The van der Waals surface area contributed by atoms with Gasteiger partial charge in [-0.25, -0.2) is 0 Å². The molecular formula is C11H16N2O4. The van der Waals surface area contributed by atoms with Crippen LogP contribution >= 0.6 is 0 Å². The van der Waals surface area contributed by atoms with E-state index >= 15 is 0 Å². The molecule has 1 N–H and O–H groups in total. The zero-order valence-corrected chi connectivity index (χ0v) is 9.93. The molecule has 6 nitrogen and oxygen atoms in total. The van der Waals surface area contributed by atoms with Crippen LogP contribution in [0.2, 0.25) is 0 Å². The van der Waals surface area contributed by atoms with Gasteiger partial charge in [0.05, 0.1) is 4.92 Å². The highest BCUT2D eigenvalue weighted by Gasteiger charge is 2.15. The van der Waals surface area contributed by atoms with Crippen molar-refractivity contribution < 1.29 is 14.4 Å². The Bertz CT molecular complexity index is 382. The standard InChI is InChI=1S/C11H16N2O4/c1-3-16-8-17-11-5-4-9(7-12-2)6-10(11)13(14)15/h4-6,12H,3,7-8H2,1-2H3. The van der Waals surface area contributed by atoms with Crippen molar-refractivity contribution in [1.82, 2.24) is 5.32 Å². The van der Waals surface area contributed by atoms with Crippen molar-refractivity contribution in [1.29, 1.82) is 0 Å². The highest BCUT2D eigenvalue weighted by molar-refractivity contribution is 5.48. The van der Waals surface area contributed by atoms with E-state index in [0.29, 0.717) is 13.2 Å². The van der Waals surface area contributed by atoms with Gasteiger partial charge in [0.1, 0.15) is 0 Å². The molecular weight excluding hydrogens is 224 g/mol. The Kier molecular flexibility index (Phi) is 5.38. The molecule has 1 rings (SSSR count). The van der Waals surface area contributed by atoms with Crippen LogP contribution in [0.5, 0.6) is 5.75 Å². The maximum atomic E-state index is 10.9. The summed E-state index contributed by atoms with van der Waals surface area (Å²) in [7, 11) is 1.78. The minimum atomic E-state index is -0.458. The van der Waals surface area contributed by atoms with Gasteiger partial charge >= 0.3 is 5.69 Å². The van der Waals surface area contributed by atoms with Crippen molar-refractivity contribution in [3.63, 3.8) is 0 Å². The van der Waals surface area contributed by atoms with E-state index in [2.05, 4.69) is 5.32 Å². The van der Waals surface area contributed by atoms with E-state index in [4.69, 9.17) is 9.47 Å². The summed E-state index contributed by atoms with van der Waals surface area (Å²) in [6.07, 6.45) is 0. The lowest BCUT2D eigenvalue weighted by Crippen LogP contribution is -2.07. The Morgan fingerprint density at radius 2 is 2.24 bits per heavy atom. The smallest absolute Gasteiger partial charge is 0.311 e. The number of nitro benzene ring substituents is 1. The third kappa shape index (κ3) is 4.01. The fraction of sp³-hybridized carbons (Fsp3) is 0.455. The van der Waals surface area contributed by atoms with E-state index in [0.717, 1.165) is 5.56 Å². The molecule has 6 heteroatoms. The van der Waals surface area contributed by atoms with Crippen LogP contribution in [0.4, 0.5) is 5.69 Å². The highest BCUT2D eigenvalue weighted by atomic mass is 16.7. The third-order valence-corrected chi connectivity index (χ3v) is 2.10. The minimum Gasteiger partial charge on any atom is -0.460 e. The van der Waals surface area contributed by atoms with Gasteiger partial charge in [0, 0.05) is 19.2 Å².